The molecule has 3 aromatic rings. The van der Waals surface area contributed by atoms with Crippen LogP contribution < -0.4 is 10.5 Å². The number of ether oxygens (including phenoxy) is 1. The lowest BCUT2D eigenvalue weighted by molar-refractivity contribution is 0.1000. The fourth-order valence-corrected chi connectivity index (χ4v) is 3.28. The second-order valence-electron chi connectivity index (χ2n) is 4.51. The standard InChI is InChI=1S/C15H13N3O2S/c1-8-10(9-6-4-3-5-7-9)12-11(14(17-8)20-2)18-15(21-12)13(16)19/h3-7H,1-2H3,(H2,16,19). The molecule has 0 saturated heterocycles. The van der Waals surface area contributed by atoms with Crippen molar-refractivity contribution in [2.24, 2.45) is 5.73 Å². The lowest BCUT2D eigenvalue weighted by atomic mass is 10.0. The highest BCUT2D eigenvalue weighted by Crippen LogP contribution is 2.38. The minimum absolute atomic E-state index is 0.257. The minimum atomic E-state index is -0.546. The zero-order valence-electron chi connectivity index (χ0n) is 11.6. The molecular formula is C15H13N3O2S. The third kappa shape index (κ3) is 2.23. The maximum atomic E-state index is 11.4. The Morgan fingerprint density at radius 1 is 1.24 bits per heavy atom. The van der Waals surface area contributed by atoms with Gasteiger partial charge in [0.1, 0.15) is 5.52 Å². The van der Waals surface area contributed by atoms with Gasteiger partial charge >= 0.3 is 0 Å². The smallest absolute Gasteiger partial charge is 0.277 e. The number of nitrogens with two attached hydrogens (primary N) is 1. The summed E-state index contributed by atoms with van der Waals surface area (Å²) in [6.45, 7) is 1.91. The number of benzene rings is 1. The van der Waals surface area contributed by atoms with Crippen molar-refractivity contribution in [2.45, 2.75) is 6.92 Å². The van der Waals surface area contributed by atoms with E-state index in [-0.39, 0.29) is 5.01 Å². The summed E-state index contributed by atoms with van der Waals surface area (Å²) in [5.41, 5.74) is 8.72. The van der Waals surface area contributed by atoms with Crippen LogP contribution >= 0.6 is 11.3 Å². The SMILES string of the molecule is COc1nc(C)c(-c2ccccc2)c2sc(C(N)=O)nc12. The second kappa shape index (κ2) is 5.14. The van der Waals surface area contributed by atoms with E-state index in [2.05, 4.69) is 9.97 Å². The highest BCUT2D eigenvalue weighted by atomic mass is 32.1. The highest BCUT2D eigenvalue weighted by molar-refractivity contribution is 7.20. The molecule has 5 nitrogen and oxygen atoms in total. The summed E-state index contributed by atoms with van der Waals surface area (Å²) in [6.07, 6.45) is 0. The molecule has 0 saturated carbocycles. The van der Waals surface area contributed by atoms with Crippen LogP contribution in [-0.4, -0.2) is 23.0 Å². The number of hydrogen-bond acceptors (Lipinski definition) is 5. The van der Waals surface area contributed by atoms with Gasteiger partial charge in [0.25, 0.3) is 5.91 Å². The van der Waals surface area contributed by atoms with Crippen LogP contribution in [0.3, 0.4) is 0 Å². The van der Waals surface area contributed by atoms with Crippen LogP contribution in [0.2, 0.25) is 0 Å². The molecule has 0 unspecified atom stereocenters. The van der Waals surface area contributed by atoms with Crippen LogP contribution in [0.4, 0.5) is 0 Å². The molecule has 2 N–H and O–H groups in total. The van der Waals surface area contributed by atoms with Crippen molar-refractivity contribution in [1.29, 1.82) is 0 Å². The summed E-state index contributed by atoms with van der Waals surface area (Å²) in [4.78, 5) is 20.1. The van der Waals surface area contributed by atoms with Crippen LogP contribution in [0.5, 0.6) is 5.88 Å². The number of rotatable bonds is 3. The van der Waals surface area contributed by atoms with E-state index >= 15 is 0 Å². The van der Waals surface area contributed by atoms with Gasteiger partial charge in [-0.3, -0.25) is 4.79 Å². The first kappa shape index (κ1) is 13.5. The van der Waals surface area contributed by atoms with Crippen LogP contribution in [0, 0.1) is 6.92 Å². The predicted molar refractivity (Wildman–Crippen MR) is 82.7 cm³/mol. The Labute approximate surface area is 125 Å². The number of amides is 1. The van der Waals surface area contributed by atoms with Crippen molar-refractivity contribution in [1.82, 2.24) is 9.97 Å². The van der Waals surface area contributed by atoms with Crippen LogP contribution in [0.25, 0.3) is 21.3 Å². The molecule has 0 spiro atoms. The Balaban J connectivity index is 2.39. The zero-order valence-corrected chi connectivity index (χ0v) is 12.4. The molecule has 106 valence electrons. The topological polar surface area (TPSA) is 78.1 Å². The fraction of sp³-hybridized carbons (Fsp3) is 0.133. The maximum Gasteiger partial charge on any atom is 0.277 e. The van der Waals surface area contributed by atoms with E-state index in [1.165, 1.54) is 18.4 Å². The number of primary amides is 1. The Kier molecular flexibility index (Phi) is 3.31. The third-order valence-electron chi connectivity index (χ3n) is 3.15. The van der Waals surface area contributed by atoms with E-state index in [1.54, 1.807) is 0 Å². The van der Waals surface area contributed by atoms with Gasteiger partial charge in [-0.1, -0.05) is 30.3 Å². The van der Waals surface area contributed by atoms with E-state index in [1.807, 2.05) is 37.3 Å². The van der Waals surface area contributed by atoms with Crippen molar-refractivity contribution < 1.29 is 9.53 Å². The number of thiazole rings is 1. The Morgan fingerprint density at radius 3 is 2.57 bits per heavy atom. The molecule has 0 fully saturated rings. The van der Waals surface area contributed by atoms with Crippen LogP contribution in [0.1, 0.15) is 15.5 Å². The lowest BCUT2D eigenvalue weighted by Gasteiger charge is -2.09. The number of hydrogen-bond donors (Lipinski definition) is 1. The van der Waals surface area contributed by atoms with Crippen molar-refractivity contribution in [3.63, 3.8) is 0 Å². The van der Waals surface area contributed by atoms with E-state index in [9.17, 15) is 4.79 Å². The third-order valence-corrected chi connectivity index (χ3v) is 4.24. The molecule has 21 heavy (non-hydrogen) atoms. The molecular weight excluding hydrogens is 286 g/mol. The van der Waals surface area contributed by atoms with Gasteiger partial charge in [-0.05, 0) is 12.5 Å². The van der Waals surface area contributed by atoms with Gasteiger partial charge in [0.2, 0.25) is 5.88 Å². The number of carbonyl (C=O) groups excluding carboxylic acids is 1. The summed E-state index contributed by atoms with van der Waals surface area (Å²) in [5.74, 6) is -0.138. The maximum absolute atomic E-state index is 11.4. The zero-order chi connectivity index (χ0) is 15.0. The molecule has 0 atom stereocenters. The van der Waals surface area contributed by atoms with E-state index < -0.39 is 5.91 Å². The second-order valence-corrected chi connectivity index (χ2v) is 5.51. The van der Waals surface area contributed by atoms with Crippen molar-refractivity contribution >= 4 is 27.5 Å². The quantitative estimate of drug-likeness (QED) is 0.806. The van der Waals surface area contributed by atoms with Crippen LogP contribution in [0.15, 0.2) is 30.3 Å². The number of carbonyl (C=O) groups is 1. The average molecular weight is 299 g/mol. The summed E-state index contributed by atoms with van der Waals surface area (Å²) in [6, 6.07) is 9.87. The first-order valence-corrected chi connectivity index (χ1v) is 7.14. The molecule has 1 aromatic carbocycles. The number of aryl methyl sites for hydroxylation is 1. The minimum Gasteiger partial charge on any atom is -0.479 e. The first-order chi connectivity index (χ1) is 10.1. The van der Waals surface area contributed by atoms with E-state index in [0.29, 0.717) is 11.4 Å². The summed E-state index contributed by atoms with van der Waals surface area (Å²) < 4.78 is 6.13. The van der Waals surface area contributed by atoms with Gasteiger partial charge in [0.05, 0.1) is 17.5 Å². The van der Waals surface area contributed by atoms with E-state index in [0.717, 1.165) is 21.5 Å². The summed E-state index contributed by atoms with van der Waals surface area (Å²) in [5, 5.41) is 0.257. The average Bonchev–Trinajstić information content (AvgIpc) is 2.92. The largest absolute Gasteiger partial charge is 0.479 e. The summed E-state index contributed by atoms with van der Waals surface area (Å²) in [7, 11) is 1.53. The fourth-order valence-electron chi connectivity index (χ4n) is 2.25. The molecule has 0 aliphatic heterocycles. The number of nitrogens with zero attached hydrogens (tertiary/aromatic N) is 2. The number of pyridine rings is 1. The van der Waals surface area contributed by atoms with Gasteiger partial charge in [-0.15, -0.1) is 11.3 Å². The molecule has 2 heterocycles. The van der Waals surface area contributed by atoms with Crippen LogP contribution in [-0.2, 0) is 0 Å². The molecule has 3 rings (SSSR count). The molecule has 6 heteroatoms. The molecule has 0 bridgehead atoms. The number of aromatic nitrogens is 2. The van der Waals surface area contributed by atoms with E-state index in [4.69, 9.17) is 10.5 Å². The lowest BCUT2D eigenvalue weighted by Crippen LogP contribution is -2.09. The monoisotopic (exact) mass is 299 g/mol. The van der Waals surface area contributed by atoms with Gasteiger partial charge in [-0.25, -0.2) is 9.97 Å². The first-order valence-electron chi connectivity index (χ1n) is 6.32. The number of fused-ring (bicyclic) bond motifs is 1. The molecule has 2 aromatic heterocycles. The molecule has 1 amide bonds. The molecule has 0 aliphatic carbocycles. The Morgan fingerprint density at radius 2 is 1.95 bits per heavy atom. The molecule has 0 aliphatic rings. The molecule has 0 radical (unpaired) electrons. The Hall–Kier alpha value is -2.47. The van der Waals surface area contributed by atoms with Gasteiger partial charge in [-0.2, -0.15) is 0 Å². The van der Waals surface area contributed by atoms with Gasteiger partial charge < -0.3 is 10.5 Å². The Bertz CT molecular complexity index is 828. The number of methoxy groups -OCH3 is 1. The predicted octanol–water partition coefficient (Wildman–Crippen LogP) is 2.77. The van der Waals surface area contributed by atoms with Crippen molar-refractivity contribution in [3.05, 3.63) is 41.0 Å². The van der Waals surface area contributed by atoms with Crippen molar-refractivity contribution in [2.75, 3.05) is 7.11 Å². The van der Waals surface area contributed by atoms with Gasteiger partial charge in [0.15, 0.2) is 5.01 Å². The normalized spacial score (nSPS) is 10.8. The van der Waals surface area contributed by atoms with Gasteiger partial charge in [0, 0.05) is 5.56 Å². The van der Waals surface area contributed by atoms with Crippen molar-refractivity contribution in [3.8, 4) is 17.0 Å². The highest BCUT2D eigenvalue weighted by Gasteiger charge is 2.19. The summed E-state index contributed by atoms with van der Waals surface area (Å²) >= 11 is 1.26.